The smallest absolute Gasteiger partial charge is 0.330 e. The van der Waals surface area contributed by atoms with Crippen molar-refractivity contribution in [3.8, 4) is 0 Å². The lowest BCUT2D eigenvalue weighted by Gasteiger charge is -1.97. The van der Waals surface area contributed by atoms with E-state index in [2.05, 4.69) is 5.10 Å². The molecule has 1 aromatic heterocycles. The summed E-state index contributed by atoms with van der Waals surface area (Å²) in [4.78, 5) is 11.2. The fourth-order valence-corrected chi connectivity index (χ4v) is 1.48. The van der Waals surface area contributed by atoms with Gasteiger partial charge in [0, 0.05) is 18.7 Å². The number of ether oxygens (including phenoxy) is 1. The summed E-state index contributed by atoms with van der Waals surface area (Å²) < 4.78 is 6.47. The topological polar surface area (TPSA) is 44.1 Å². The Balaban J connectivity index is 2.72. The van der Waals surface area contributed by atoms with E-state index in [4.69, 9.17) is 16.3 Å². The Morgan fingerprint density at radius 3 is 2.81 bits per heavy atom. The number of nitrogens with zero attached hydrogens (tertiary/aromatic N) is 2. The van der Waals surface area contributed by atoms with Gasteiger partial charge in [-0.2, -0.15) is 5.10 Å². The predicted molar refractivity (Wildman–Crippen MR) is 63.2 cm³/mol. The molecule has 4 nitrogen and oxygen atoms in total. The average molecular weight is 243 g/mol. The summed E-state index contributed by atoms with van der Waals surface area (Å²) in [5, 5.41) is 4.64. The Kier molecular flexibility index (Phi) is 4.55. The molecule has 0 amide bonds. The minimum Gasteiger partial charge on any atom is -0.463 e. The van der Waals surface area contributed by atoms with Crippen LogP contribution in [0.1, 0.15) is 24.6 Å². The second-order valence-electron chi connectivity index (χ2n) is 3.41. The highest BCUT2D eigenvalue weighted by molar-refractivity contribution is 6.31. The molecule has 0 bridgehead atoms. The van der Waals surface area contributed by atoms with E-state index in [0.717, 1.165) is 17.7 Å². The zero-order valence-electron chi connectivity index (χ0n) is 9.66. The number of rotatable bonds is 4. The van der Waals surface area contributed by atoms with Gasteiger partial charge in [0.2, 0.25) is 0 Å². The van der Waals surface area contributed by atoms with Crippen molar-refractivity contribution in [2.75, 3.05) is 6.61 Å². The van der Waals surface area contributed by atoms with E-state index in [-0.39, 0.29) is 5.97 Å². The van der Waals surface area contributed by atoms with Crippen LogP contribution < -0.4 is 0 Å². The predicted octanol–water partition coefficient (Wildman–Crippen LogP) is 2.35. The molecule has 0 unspecified atom stereocenters. The van der Waals surface area contributed by atoms with Crippen LogP contribution in [-0.4, -0.2) is 22.4 Å². The highest BCUT2D eigenvalue weighted by atomic mass is 35.5. The third-order valence-electron chi connectivity index (χ3n) is 2.03. The molecule has 0 radical (unpaired) electrons. The fourth-order valence-electron chi connectivity index (χ4n) is 1.24. The van der Waals surface area contributed by atoms with Crippen LogP contribution in [0, 0.1) is 6.92 Å². The highest BCUT2D eigenvalue weighted by Gasteiger charge is 2.08. The van der Waals surface area contributed by atoms with E-state index in [1.54, 1.807) is 17.8 Å². The van der Waals surface area contributed by atoms with Gasteiger partial charge in [0.1, 0.15) is 5.15 Å². The zero-order valence-corrected chi connectivity index (χ0v) is 10.4. The van der Waals surface area contributed by atoms with Crippen LogP contribution in [0.5, 0.6) is 0 Å². The van der Waals surface area contributed by atoms with E-state index < -0.39 is 0 Å². The number of aromatic nitrogens is 2. The van der Waals surface area contributed by atoms with Crippen molar-refractivity contribution in [3.05, 3.63) is 22.5 Å². The summed E-state index contributed by atoms with van der Waals surface area (Å²) in [5.74, 6) is -0.360. The molecule has 0 fully saturated rings. The maximum absolute atomic E-state index is 11.2. The molecule has 88 valence electrons. The van der Waals surface area contributed by atoms with Crippen molar-refractivity contribution in [1.29, 1.82) is 0 Å². The monoisotopic (exact) mass is 242 g/mol. The van der Waals surface area contributed by atoms with Crippen LogP contribution in [0.2, 0.25) is 5.15 Å². The summed E-state index contributed by atoms with van der Waals surface area (Å²) in [7, 11) is 1.75. The van der Waals surface area contributed by atoms with Gasteiger partial charge in [-0.05, 0) is 19.4 Å². The van der Waals surface area contributed by atoms with Gasteiger partial charge >= 0.3 is 5.97 Å². The molecule has 0 spiro atoms. The largest absolute Gasteiger partial charge is 0.463 e. The van der Waals surface area contributed by atoms with Gasteiger partial charge in [-0.15, -0.1) is 0 Å². The van der Waals surface area contributed by atoms with Gasteiger partial charge in [-0.3, -0.25) is 4.68 Å². The van der Waals surface area contributed by atoms with Crippen molar-refractivity contribution in [2.45, 2.75) is 20.3 Å². The Morgan fingerprint density at radius 1 is 1.62 bits per heavy atom. The number of hydrogen-bond donors (Lipinski definition) is 0. The Hall–Kier alpha value is -1.29. The first kappa shape index (κ1) is 12.8. The highest BCUT2D eigenvalue weighted by Crippen LogP contribution is 2.19. The van der Waals surface area contributed by atoms with E-state index >= 15 is 0 Å². The first-order valence-electron chi connectivity index (χ1n) is 5.10. The number of hydrogen-bond acceptors (Lipinski definition) is 3. The third-order valence-corrected chi connectivity index (χ3v) is 2.48. The molecular weight excluding hydrogens is 228 g/mol. The first-order chi connectivity index (χ1) is 7.56. The Morgan fingerprint density at radius 2 is 2.31 bits per heavy atom. The van der Waals surface area contributed by atoms with Crippen molar-refractivity contribution in [3.63, 3.8) is 0 Å². The minimum absolute atomic E-state index is 0.360. The van der Waals surface area contributed by atoms with Crippen LogP contribution in [0.3, 0.4) is 0 Å². The molecule has 16 heavy (non-hydrogen) atoms. The summed E-state index contributed by atoms with van der Waals surface area (Å²) in [6.07, 6.45) is 3.81. The van der Waals surface area contributed by atoms with Crippen molar-refractivity contribution in [2.24, 2.45) is 7.05 Å². The number of esters is 1. The van der Waals surface area contributed by atoms with Crippen molar-refractivity contribution in [1.82, 2.24) is 9.78 Å². The van der Waals surface area contributed by atoms with Gasteiger partial charge in [0.05, 0.1) is 12.3 Å². The van der Waals surface area contributed by atoms with Gasteiger partial charge in [-0.1, -0.05) is 18.5 Å². The third kappa shape index (κ3) is 3.10. The lowest BCUT2D eigenvalue weighted by molar-refractivity contribution is -0.137. The van der Waals surface area contributed by atoms with E-state index in [0.29, 0.717) is 11.8 Å². The molecule has 0 N–H and O–H groups in total. The van der Waals surface area contributed by atoms with E-state index in [9.17, 15) is 4.79 Å². The second-order valence-corrected chi connectivity index (χ2v) is 3.77. The lowest BCUT2D eigenvalue weighted by atomic mass is 10.2. The molecule has 0 aliphatic carbocycles. The van der Waals surface area contributed by atoms with Crippen molar-refractivity contribution >= 4 is 23.6 Å². The summed E-state index contributed by atoms with van der Waals surface area (Å²) in [6, 6.07) is 0. The normalized spacial score (nSPS) is 11.0. The molecule has 5 heteroatoms. The van der Waals surface area contributed by atoms with E-state index in [1.165, 1.54) is 6.08 Å². The molecule has 0 atom stereocenters. The summed E-state index contributed by atoms with van der Waals surface area (Å²) >= 11 is 6.00. The number of carbonyl (C=O) groups excluding carboxylic acids is 1. The molecular formula is C11H15ClN2O2. The molecule has 0 aliphatic heterocycles. The van der Waals surface area contributed by atoms with Gasteiger partial charge in [-0.25, -0.2) is 4.79 Å². The molecule has 1 aromatic rings. The maximum atomic E-state index is 11.2. The summed E-state index contributed by atoms with van der Waals surface area (Å²) in [5.41, 5.74) is 1.53. The lowest BCUT2D eigenvalue weighted by Crippen LogP contribution is -2.00. The first-order valence-corrected chi connectivity index (χ1v) is 5.48. The molecule has 1 heterocycles. The number of carbonyl (C=O) groups is 1. The van der Waals surface area contributed by atoms with Crippen LogP contribution >= 0.6 is 11.6 Å². The van der Waals surface area contributed by atoms with Gasteiger partial charge in [0.25, 0.3) is 0 Å². The maximum Gasteiger partial charge on any atom is 0.330 e. The van der Waals surface area contributed by atoms with Gasteiger partial charge < -0.3 is 4.74 Å². The van der Waals surface area contributed by atoms with E-state index in [1.807, 2.05) is 13.8 Å². The SMILES string of the molecule is CCCOC(=O)C=Cc1c(C)nn(C)c1Cl. The van der Waals surface area contributed by atoms with Crippen molar-refractivity contribution < 1.29 is 9.53 Å². The standard InChI is InChI=1S/C11H15ClN2O2/c1-4-7-16-10(15)6-5-9-8(2)13-14(3)11(9)12/h5-6H,4,7H2,1-3H3. The number of halogens is 1. The summed E-state index contributed by atoms with van der Waals surface area (Å²) in [6.45, 7) is 4.21. The molecule has 0 aromatic carbocycles. The molecule has 0 aliphatic rings. The van der Waals surface area contributed by atoms with Gasteiger partial charge in [0.15, 0.2) is 0 Å². The average Bonchev–Trinajstić information content (AvgIpc) is 2.48. The Bertz CT molecular complexity index is 410. The molecule has 1 rings (SSSR count). The Labute approximate surface area is 99.8 Å². The van der Waals surface area contributed by atoms with Crippen LogP contribution in [0.4, 0.5) is 0 Å². The minimum atomic E-state index is -0.360. The number of aryl methyl sites for hydroxylation is 2. The fraction of sp³-hybridized carbons (Fsp3) is 0.455. The van der Waals surface area contributed by atoms with Crippen LogP contribution in [0.25, 0.3) is 6.08 Å². The second kappa shape index (κ2) is 5.70. The quantitative estimate of drug-likeness (QED) is 0.601. The zero-order chi connectivity index (χ0) is 12.1. The molecule has 0 saturated carbocycles. The van der Waals surface area contributed by atoms with Crippen LogP contribution in [-0.2, 0) is 16.6 Å². The van der Waals surface area contributed by atoms with Crippen LogP contribution in [0.15, 0.2) is 6.08 Å². The molecule has 0 saturated heterocycles.